The molecular formula is C19H10F6N2O3S. The highest BCUT2D eigenvalue weighted by Crippen LogP contribution is 2.38. The summed E-state index contributed by atoms with van der Waals surface area (Å²) in [5.41, 5.74) is -2.89. The van der Waals surface area contributed by atoms with Gasteiger partial charge >= 0.3 is 12.4 Å². The summed E-state index contributed by atoms with van der Waals surface area (Å²) in [6, 6.07) is 5.68. The Morgan fingerprint density at radius 1 is 0.935 bits per heavy atom. The van der Waals surface area contributed by atoms with Crippen LogP contribution in [0, 0.1) is 0 Å². The number of thiazole rings is 1. The third-order valence-corrected chi connectivity index (χ3v) is 5.00. The molecule has 1 amide bonds. The van der Waals surface area contributed by atoms with Crippen molar-refractivity contribution in [3.8, 4) is 22.8 Å². The highest BCUT2D eigenvalue weighted by molar-refractivity contribution is 7.14. The van der Waals surface area contributed by atoms with E-state index in [1.54, 1.807) is 23.6 Å². The predicted molar refractivity (Wildman–Crippen MR) is 98.1 cm³/mol. The second-order valence-corrected chi connectivity index (χ2v) is 7.21. The zero-order valence-corrected chi connectivity index (χ0v) is 15.9. The third kappa shape index (κ3) is 4.43. The van der Waals surface area contributed by atoms with Gasteiger partial charge in [-0.15, -0.1) is 11.3 Å². The standard InChI is InChI=1S/C19H10F6N2O3S/c20-18(21,22)11-3-10(4-12(6-11)19(23,24)25)16(28)27-17-26-13(7-31-17)9-1-2-14-15(5-9)30-8-29-14/h1-7H,8H2,(H,26,27,28). The summed E-state index contributed by atoms with van der Waals surface area (Å²) in [7, 11) is 0. The van der Waals surface area contributed by atoms with Gasteiger partial charge in [-0.25, -0.2) is 4.98 Å². The van der Waals surface area contributed by atoms with Crippen molar-refractivity contribution < 1.29 is 40.6 Å². The van der Waals surface area contributed by atoms with E-state index in [1.807, 2.05) is 0 Å². The first-order chi connectivity index (χ1) is 14.5. The van der Waals surface area contributed by atoms with Crippen molar-refractivity contribution in [1.82, 2.24) is 4.98 Å². The molecule has 1 aliphatic heterocycles. The SMILES string of the molecule is O=C(Nc1nc(-c2ccc3c(c2)OCO3)cs1)c1cc(C(F)(F)F)cc(C(F)(F)F)c1. The molecule has 2 aromatic carbocycles. The number of fused-ring (bicyclic) bond motifs is 1. The molecule has 162 valence electrons. The fourth-order valence-corrected chi connectivity index (χ4v) is 3.49. The number of carbonyl (C=O) groups is 1. The molecule has 0 radical (unpaired) electrons. The highest BCUT2D eigenvalue weighted by Gasteiger charge is 2.37. The van der Waals surface area contributed by atoms with Gasteiger partial charge in [0, 0.05) is 16.5 Å². The molecule has 1 aromatic heterocycles. The lowest BCUT2D eigenvalue weighted by atomic mass is 10.0. The van der Waals surface area contributed by atoms with Crippen LogP contribution >= 0.6 is 11.3 Å². The number of anilines is 1. The van der Waals surface area contributed by atoms with Crippen LogP contribution in [0.4, 0.5) is 31.5 Å². The number of ether oxygens (including phenoxy) is 2. The van der Waals surface area contributed by atoms with Crippen molar-refractivity contribution in [2.24, 2.45) is 0 Å². The minimum absolute atomic E-state index is 0.00337. The van der Waals surface area contributed by atoms with Gasteiger partial charge in [-0.1, -0.05) is 0 Å². The van der Waals surface area contributed by atoms with E-state index in [-0.39, 0.29) is 18.0 Å². The number of halogens is 6. The lowest BCUT2D eigenvalue weighted by molar-refractivity contribution is -0.143. The average Bonchev–Trinajstić information content (AvgIpc) is 3.34. The summed E-state index contributed by atoms with van der Waals surface area (Å²) in [6.45, 7) is 0.0774. The molecule has 0 spiro atoms. The summed E-state index contributed by atoms with van der Waals surface area (Å²) in [4.78, 5) is 16.5. The van der Waals surface area contributed by atoms with E-state index in [4.69, 9.17) is 9.47 Å². The molecule has 0 aliphatic carbocycles. The van der Waals surface area contributed by atoms with Crippen LogP contribution < -0.4 is 14.8 Å². The van der Waals surface area contributed by atoms with Crippen LogP contribution in [0.25, 0.3) is 11.3 Å². The van der Waals surface area contributed by atoms with Crippen LogP contribution in [-0.2, 0) is 12.4 Å². The fourth-order valence-electron chi connectivity index (χ4n) is 2.77. The maximum atomic E-state index is 13.0. The lowest BCUT2D eigenvalue weighted by Gasteiger charge is -2.13. The number of aromatic nitrogens is 1. The number of hydrogen-bond acceptors (Lipinski definition) is 5. The zero-order valence-electron chi connectivity index (χ0n) is 15.1. The summed E-state index contributed by atoms with van der Waals surface area (Å²) in [5.74, 6) is -0.0968. The Labute approximate surface area is 174 Å². The topological polar surface area (TPSA) is 60.5 Å². The van der Waals surface area contributed by atoms with Crippen LogP contribution in [-0.4, -0.2) is 17.7 Å². The van der Waals surface area contributed by atoms with Gasteiger partial charge in [0.2, 0.25) is 6.79 Å². The molecule has 2 heterocycles. The number of nitrogens with one attached hydrogen (secondary N) is 1. The Morgan fingerprint density at radius 2 is 1.58 bits per heavy atom. The minimum Gasteiger partial charge on any atom is -0.454 e. The molecule has 1 aliphatic rings. The first kappa shape index (κ1) is 21.0. The molecule has 3 aromatic rings. The maximum Gasteiger partial charge on any atom is 0.416 e. The number of rotatable bonds is 3. The van der Waals surface area contributed by atoms with Crippen LogP contribution in [0.15, 0.2) is 41.8 Å². The van der Waals surface area contributed by atoms with Gasteiger partial charge in [0.25, 0.3) is 5.91 Å². The molecule has 0 saturated carbocycles. The third-order valence-electron chi connectivity index (χ3n) is 4.24. The number of amides is 1. The molecule has 12 heteroatoms. The van der Waals surface area contributed by atoms with E-state index in [2.05, 4.69) is 10.3 Å². The van der Waals surface area contributed by atoms with Gasteiger partial charge in [0.1, 0.15) is 0 Å². The van der Waals surface area contributed by atoms with Crippen molar-refractivity contribution in [2.45, 2.75) is 12.4 Å². The van der Waals surface area contributed by atoms with Gasteiger partial charge in [-0.2, -0.15) is 26.3 Å². The molecule has 0 fully saturated rings. The Balaban J connectivity index is 1.59. The molecule has 1 N–H and O–H groups in total. The molecule has 0 unspecified atom stereocenters. The number of carbonyl (C=O) groups excluding carboxylic acids is 1. The molecule has 0 bridgehead atoms. The van der Waals surface area contributed by atoms with Crippen molar-refractivity contribution in [1.29, 1.82) is 0 Å². The second-order valence-electron chi connectivity index (χ2n) is 6.35. The molecule has 31 heavy (non-hydrogen) atoms. The Morgan fingerprint density at radius 3 is 2.23 bits per heavy atom. The monoisotopic (exact) mass is 460 g/mol. The van der Waals surface area contributed by atoms with E-state index in [1.165, 1.54) is 0 Å². The normalized spacial score (nSPS) is 13.4. The van der Waals surface area contributed by atoms with E-state index in [0.29, 0.717) is 34.9 Å². The predicted octanol–water partition coefficient (Wildman–Crippen LogP) is 5.83. The van der Waals surface area contributed by atoms with Crippen molar-refractivity contribution in [3.05, 3.63) is 58.5 Å². The largest absolute Gasteiger partial charge is 0.454 e. The van der Waals surface area contributed by atoms with Crippen molar-refractivity contribution in [3.63, 3.8) is 0 Å². The van der Waals surface area contributed by atoms with Crippen LogP contribution in [0.1, 0.15) is 21.5 Å². The van der Waals surface area contributed by atoms with Gasteiger partial charge in [0.15, 0.2) is 16.6 Å². The second kappa shape index (κ2) is 7.45. The zero-order chi connectivity index (χ0) is 22.4. The first-order valence-corrected chi connectivity index (χ1v) is 9.35. The maximum absolute atomic E-state index is 13.0. The number of hydrogen-bond donors (Lipinski definition) is 1. The summed E-state index contributed by atoms with van der Waals surface area (Å²) < 4.78 is 88.4. The van der Waals surface area contributed by atoms with Crippen LogP contribution in [0.3, 0.4) is 0 Å². The van der Waals surface area contributed by atoms with Crippen LogP contribution in [0.2, 0.25) is 0 Å². The van der Waals surface area contributed by atoms with E-state index in [9.17, 15) is 31.1 Å². The minimum atomic E-state index is -5.05. The van der Waals surface area contributed by atoms with E-state index >= 15 is 0 Å². The summed E-state index contributed by atoms with van der Waals surface area (Å²) >= 11 is 0.961. The number of benzene rings is 2. The molecule has 0 atom stereocenters. The molecule has 5 nitrogen and oxygen atoms in total. The first-order valence-electron chi connectivity index (χ1n) is 8.47. The highest BCUT2D eigenvalue weighted by atomic mass is 32.1. The average molecular weight is 460 g/mol. The molecule has 0 saturated heterocycles. The quantitative estimate of drug-likeness (QED) is 0.500. The number of alkyl halides is 6. The lowest BCUT2D eigenvalue weighted by Crippen LogP contribution is -2.17. The summed E-state index contributed by atoms with van der Waals surface area (Å²) in [5, 5.41) is 3.81. The summed E-state index contributed by atoms with van der Waals surface area (Å²) in [6.07, 6.45) is -10.1. The van der Waals surface area contributed by atoms with E-state index in [0.717, 1.165) is 11.3 Å². The number of nitrogens with zero attached hydrogens (tertiary/aromatic N) is 1. The Kier molecular flexibility index (Phi) is 5.04. The van der Waals surface area contributed by atoms with Gasteiger partial charge in [-0.3, -0.25) is 10.1 Å². The fraction of sp³-hybridized carbons (Fsp3) is 0.158. The molecular weight excluding hydrogens is 450 g/mol. The molecule has 4 rings (SSSR count). The van der Waals surface area contributed by atoms with Gasteiger partial charge in [0.05, 0.1) is 16.8 Å². The van der Waals surface area contributed by atoms with Crippen molar-refractivity contribution >= 4 is 22.4 Å². The van der Waals surface area contributed by atoms with Crippen LogP contribution in [0.5, 0.6) is 11.5 Å². The van der Waals surface area contributed by atoms with Crippen molar-refractivity contribution in [2.75, 3.05) is 12.1 Å². The van der Waals surface area contributed by atoms with Gasteiger partial charge in [-0.05, 0) is 36.4 Å². The smallest absolute Gasteiger partial charge is 0.416 e. The van der Waals surface area contributed by atoms with E-state index < -0.39 is 35.0 Å². The Hall–Kier alpha value is -3.28. The van der Waals surface area contributed by atoms with Gasteiger partial charge < -0.3 is 9.47 Å². The Bertz CT molecular complexity index is 1120.